The Morgan fingerprint density at radius 1 is 0.958 bits per heavy atom. The number of aromatic nitrogens is 4. The first-order valence-corrected chi connectivity index (χ1v) is 7.33. The summed E-state index contributed by atoms with van der Waals surface area (Å²) in [6.07, 6.45) is 1.57. The smallest absolute Gasteiger partial charge is 0.151 e. The number of aromatic amines is 1. The molecule has 0 saturated carbocycles. The molecule has 2 aromatic carbocycles. The molecule has 2 heterocycles. The number of nitrogens with one attached hydrogen (secondary N) is 1. The number of nitrogens with two attached hydrogens (primary N) is 1. The fraction of sp³-hybridized carbons (Fsp3) is 0. The van der Waals surface area contributed by atoms with Crippen molar-refractivity contribution < 1.29 is 0 Å². The van der Waals surface area contributed by atoms with Crippen LogP contribution in [0.3, 0.4) is 0 Å². The van der Waals surface area contributed by atoms with Gasteiger partial charge in [0.2, 0.25) is 0 Å². The van der Waals surface area contributed by atoms with Crippen molar-refractivity contribution in [1.29, 1.82) is 5.26 Å². The highest BCUT2D eigenvalue weighted by molar-refractivity contribution is 5.95. The van der Waals surface area contributed by atoms with Crippen LogP contribution in [-0.4, -0.2) is 19.9 Å². The number of fused-ring (bicyclic) bond motifs is 2. The second-order valence-corrected chi connectivity index (χ2v) is 5.25. The summed E-state index contributed by atoms with van der Waals surface area (Å²) in [7, 11) is 0. The van der Waals surface area contributed by atoms with Crippen LogP contribution in [-0.2, 0) is 0 Å². The molecule has 0 aliphatic carbocycles. The number of nitriles is 1. The standard InChI is InChI=1S/C18H12N6/c19-9-11(18-23-14-7-3-4-8-15(14)24-18)17(20)16-10-21-12-5-1-2-6-13(12)22-16/h1-8,10H,20H2,(H,23,24)/b17-11-. The molecule has 0 saturated heterocycles. The molecule has 24 heavy (non-hydrogen) atoms. The van der Waals surface area contributed by atoms with E-state index in [1.165, 1.54) is 0 Å². The summed E-state index contributed by atoms with van der Waals surface area (Å²) >= 11 is 0. The van der Waals surface area contributed by atoms with E-state index in [1.54, 1.807) is 6.20 Å². The van der Waals surface area contributed by atoms with Crippen LogP contribution in [0.15, 0.2) is 54.7 Å². The Labute approximate surface area is 137 Å². The number of nitrogens with zero attached hydrogens (tertiary/aromatic N) is 4. The number of hydrogen-bond acceptors (Lipinski definition) is 5. The summed E-state index contributed by atoms with van der Waals surface area (Å²) in [4.78, 5) is 16.4. The minimum Gasteiger partial charge on any atom is -0.396 e. The number of hydrogen-bond donors (Lipinski definition) is 2. The molecule has 6 nitrogen and oxygen atoms in total. The minimum atomic E-state index is 0.245. The van der Waals surface area contributed by atoms with E-state index in [4.69, 9.17) is 5.73 Å². The largest absolute Gasteiger partial charge is 0.396 e. The van der Waals surface area contributed by atoms with E-state index in [0.717, 1.165) is 22.1 Å². The summed E-state index contributed by atoms with van der Waals surface area (Å²) < 4.78 is 0. The van der Waals surface area contributed by atoms with Crippen LogP contribution in [0, 0.1) is 11.3 Å². The van der Waals surface area contributed by atoms with Gasteiger partial charge in [0.1, 0.15) is 17.3 Å². The maximum atomic E-state index is 9.55. The van der Waals surface area contributed by atoms with Gasteiger partial charge in [-0.05, 0) is 24.3 Å². The van der Waals surface area contributed by atoms with Crippen LogP contribution >= 0.6 is 0 Å². The molecule has 0 amide bonds. The van der Waals surface area contributed by atoms with Gasteiger partial charge in [-0.2, -0.15) is 5.26 Å². The van der Waals surface area contributed by atoms with Crippen molar-refractivity contribution >= 4 is 33.3 Å². The van der Waals surface area contributed by atoms with Crippen LogP contribution in [0.2, 0.25) is 0 Å². The highest BCUT2D eigenvalue weighted by Crippen LogP contribution is 2.22. The SMILES string of the molecule is N#C/C(=C(/N)c1cnc2ccccc2n1)c1nc2ccccc2[nH]1. The van der Waals surface area contributed by atoms with Gasteiger partial charge in [-0.15, -0.1) is 0 Å². The van der Waals surface area contributed by atoms with Gasteiger partial charge in [-0.25, -0.2) is 9.97 Å². The molecule has 0 spiro atoms. The van der Waals surface area contributed by atoms with Crippen molar-refractivity contribution in [3.63, 3.8) is 0 Å². The van der Waals surface area contributed by atoms with Crippen molar-refractivity contribution in [1.82, 2.24) is 19.9 Å². The normalized spacial score (nSPS) is 12.1. The molecule has 0 unspecified atom stereocenters. The lowest BCUT2D eigenvalue weighted by Gasteiger charge is -2.04. The fourth-order valence-corrected chi connectivity index (χ4v) is 2.53. The van der Waals surface area contributed by atoms with Crippen molar-refractivity contribution in [2.75, 3.05) is 0 Å². The first-order valence-electron chi connectivity index (χ1n) is 7.33. The third kappa shape index (κ3) is 2.25. The Kier molecular flexibility index (Phi) is 3.18. The molecule has 4 aromatic rings. The van der Waals surface area contributed by atoms with Crippen LogP contribution in [0.4, 0.5) is 0 Å². The Bertz CT molecular complexity index is 1100. The van der Waals surface area contributed by atoms with Crippen molar-refractivity contribution in [3.05, 3.63) is 66.2 Å². The highest BCUT2D eigenvalue weighted by atomic mass is 14.9. The lowest BCUT2D eigenvalue weighted by Crippen LogP contribution is -2.04. The monoisotopic (exact) mass is 312 g/mol. The maximum absolute atomic E-state index is 9.55. The first-order chi connectivity index (χ1) is 11.8. The zero-order valence-electron chi connectivity index (χ0n) is 12.6. The average molecular weight is 312 g/mol. The Morgan fingerprint density at radius 3 is 2.42 bits per heavy atom. The van der Waals surface area contributed by atoms with Gasteiger partial charge in [-0.1, -0.05) is 24.3 Å². The number of imidazole rings is 1. The third-order valence-corrected chi connectivity index (χ3v) is 3.73. The molecule has 0 bridgehead atoms. The Morgan fingerprint density at radius 2 is 1.67 bits per heavy atom. The van der Waals surface area contributed by atoms with Crippen LogP contribution in [0.5, 0.6) is 0 Å². The zero-order valence-corrected chi connectivity index (χ0v) is 12.6. The van der Waals surface area contributed by atoms with Gasteiger partial charge in [0.25, 0.3) is 0 Å². The van der Waals surface area contributed by atoms with Crippen molar-refractivity contribution in [2.45, 2.75) is 0 Å². The molecule has 0 aliphatic heterocycles. The number of H-pyrrole nitrogens is 1. The average Bonchev–Trinajstić information content (AvgIpc) is 3.05. The molecular formula is C18H12N6. The second-order valence-electron chi connectivity index (χ2n) is 5.25. The van der Waals surface area contributed by atoms with E-state index in [1.807, 2.05) is 48.5 Å². The molecular weight excluding hydrogens is 300 g/mol. The predicted molar refractivity (Wildman–Crippen MR) is 92.2 cm³/mol. The molecule has 0 aliphatic rings. The fourth-order valence-electron chi connectivity index (χ4n) is 2.53. The van der Waals surface area contributed by atoms with Gasteiger partial charge >= 0.3 is 0 Å². The number of para-hydroxylation sites is 4. The van der Waals surface area contributed by atoms with E-state index in [0.29, 0.717) is 11.5 Å². The molecule has 4 rings (SSSR count). The molecule has 6 heteroatoms. The highest BCUT2D eigenvalue weighted by Gasteiger charge is 2.14. The molecule has 3 N–H and O–H groups in total. The number of benzene rings is 2. The minimum absolute atomic E-state index is 0.245. The summed E-state index contributed by atoms with van der Waals surface area (Å²) in [5, 5.41) is 9.55. The van der Waals surface area contributed by atoms with Crippen molar-refractivity contribution in [2.24, 2.45) is 5.73 Å². The summed E-state index contributed by atoms with van der Waals surface area (Å²) in [5.41, 5.74) is 10.2. The topological polar surface area (TPSA) is 104 Å². The third-order valence-electron chi connectivity index (χ3n) is 3.73. The lowest BCUT2D eigenvalue weighted by atomic mass is 10.1. The molecule has 2 aromatic heterocycles. The Balaban J connectivity index is 1.88. The van der Waals surface area contributed by atoms with E-state index in [2.05, 4.69) is 26.0 Å². The second kappa shape index (κ2) is 5.48. The quantitative estimate of drug-likeness (QED) is 0.554. The maximum Gasteiger partial charge on any atom is 0.151 e. The molecule has 0 radical (unpaired) electrons. The van der Waals surface area contributed by atoms with E-state index >= 15 is 0 Å². The Hall–Kier alpha value is -3.72. The van der Waals surface area contributed by atoms with E-state index < -0.39 is 0 Å². The summed E-state index contributed by atoms with van der Waals surface area (Å²) in [6.45, 7) is 0. The van der Waals surface area contributed by atoms with Crippen LogP contribution in [0.1, 0.15) is 11.5 Å². The van der Waals surface area contributed by atoms with Gasteiger partial charge < -0.3 is 10.7 Å². The lowest BCUT2D eigenvalue weighted by molar-refractivity contribution is 1.22. The van der Waals surface area contributed by atoms with E-state index in [9.17, 15) is 5.26 Å². The molecule has 114 valence electrons. The predicted octanol–water partition coefficient (Wildman–Crippen LogP) is 2.86. The molecule has 0 atom stereocenters. The number of rotatable bonds is 2. The summed E-state index contributed by atoms with van der Waals surface area (Å²) in [5.74, 6) is 0.422. The van der Waals surface area contributed by atoms with Gasteiger partial charge in [-0.3, -0.25) is 4.98 Å². The van der Waals surface area contributed by atoms with Gasteiger partial charge in [0, 0.05) is 0 Å². The van der Waals surface area contributed by atoms with Gasteiger partial charge in [0.05, 0.1) is 34.0 Å². The molecule has 0 fully saturated rings. The van der Waals surface area contributed by atoms with E-state index in [-0.39, 0.29) is 11.3 Å². The number of allylic oxidation sites excluding steroid dienone is 1. The van der Waals surface area contributed by atoms with Crippen LogP contribution < -0.4 is 5.73 Å². The summed E-state index contributed by atoms with van der Waals surface area (Å²) in [6, 6.07) is 17.2. The first kappa shape index (κ1) is 13.9. The van der Waals surface area contributed by atoms with Gasteiger partial charge in [0.15, 0.2) is 5.82 Å². The van der Waals surface area contributed by atoms with Crippen molar-refractivity contribution in [3.8, 4) is 6.07 Å². The van der Waals surface area contributed by atoms with Crippen LogP contribution in [0.25, 0.3) is 33.3 Å². The zero-order chi connectivity index (χ0) is 16.5.